The van der Waals surface area contributed by atoms with Crippen LogP contribution in [0.25, 0.3) is 11.4 Å². The fourth-order valence-electron chi connectivity index (χ4n) is 4.36. The lowest BCUT2D eigenvalue weighted by atomic mass is 10.1. The Morgan fingerprint density at radius 2 is 1.84 bits per heavy atom. The van der Waals surface area contributed by atoms with Gasteiger partial charge in [0.2, 0.25) is 5.95 Å². The van der Waals surface area contributed by atoms with E-state index in [1.165, 1.54) is 0 Å². The van der Waals surface area contributed by atoms with E-state index in [1.54, 1.807) is 31.6 Å². The number of methoxy groups -OCH3 is 1. The van der Waals surface area contributed by atoms with Crippen molar-refractivity contribution in [2.75, 3.05) is 63.8 Å². The van der Waals surface area contributed by atoms with Crippen molar-refractivity contribution in [1.29, 1.82) is 5.26 Å². The summed E-state index contributed by atoms with van der Waals surface area (Å²) in [5.74, 6) is 2.14. The van der Waals surface area contributed by atoms with Crippen LogP contribution in [0.1, 0.15) is 18.4 Å². The van der Waals surface area contributed by atoms with Crippen molar-refractivity contribution >= 4 is 17.5 Å². The number of pyridine rings is 2. The summed E-state index contributed by atoms with van der Waals surface area (Å²) in [6.07, 6.45) is 6.65. The average molecular weight is 503 g/mol. The topological polar surface area (TPSA) is 122 Å². The van der Waals surface area contributed by atoms with E-state index in [1.807, 2.05) is 12.3 Å². The first-order chi connectivity index (χ1) is 18.1. The Morgan fingerprint density at radius 1 is 1.03 bits per heavy atom. The first-order valence-corrected chi connectivity index (χ1v) is 12.4. The second-order valence-electron chi connectivity index (χ2n) is 9.03. The molecule has 0 bridgehead atoms. The Morgan fingerprint density at radius 3 is 2.59 bits per heavy atom. The van der Waals surface area contributed by atoms with Gasteiger partial charge in [0, 0.05) is 51.3 Å². The summed E-state index contributed by atoms with van der Waals surface area (Å²) in [7, 11) is 3.78. The largest absolute Gasteiger partial charge is 0.494 e. The highest BCUT2D eigenvalue weighted by molar-refractivity contribution is 5.65. The highest BCUT2D eigenvalue weighted by Gasteiger charge is 2.20. The summed E-state index contributed by atoms with van der Waals surface area (Å²) in [5.41, 5.74) is 2.51. The van der Waals surface area contributed by atoms with E-state index in [9.17, 15) is 5.26 Å². The molecule has 37 heavy (non-hydrogen) atoms. The van der Waals surface area contributed by atoms with Crippen LogP contribution in [0.3, 0.4) is 0 Å². The molecule has 2 fully saturated rings. The number of piperazine rings is 1. The SMILES string of the molecule is COc1cc(Nc2nccc(-c3cc(C#N)c(OC4CCOCC4)cn3)n2)ncc1N1CCN(C)CC1. The molecule has 2 aliphatic rings. The summed E-state index contributed by atoms with van der Waals surface area (Å²) in [4.78, 5) is 22.6. The highest BCUT2D eigenvalue weighted by atomic mass is 16.5. The van der Waals surface area contributed by atoms with Crippen molar-refractivity contribution < 1.29 is 14.2 Å². The lowest BCUT2D eigenvalue weighted by Gasteiger charge is -2.34. The Bertz CT molecular complexity index is 1270. The Kier molecular flexibility index (Phi) is 7.58. The lowest BCUT2D eigenvalue weighted by Crippen LogP contribution is -2.44. The van der Waals surface area contributed by atoms with Gasteiger partial charge in [-0.2, -0.15) is 5.26 Å². The molecule has 5 heterocycles. The van der Waals surface area contributed by atoms with Gasteiger partial charge in [-0.15, -0.1) is 0 Å². The van der Waals surface area contributed by atoms with Crippen LogP contribution in [0.5, 0.6) is 11.5 Å². The van der Waals surface area contributed by atoms with Crippen LogP contribution in [0.4, 0.5) is 17.5 Å². The van der Waals surface area contributed by atoms with Crippen molar-refractivity contribution in [1.82, 2.24) is 24.8 Å². The predicted octanol–water partition coefficient (Wildman–Crippen LogP) is 2.87. The number of hydrogen-bond acceptors (Lipinski definition) is 11. The van der Waals surface area contributed by atoms with Gasteiger partial charge in [0.1, 0.15) is 23.7 Å². The monoisotopic (exact) mass is 502 g/mol. The standard InChI is InChI=1S/C26H30N8O3/c1-33-7-9-34(10-8-33)22-16-30-25(14-23(22)35-2)32-26-28-6-3-20(31-26)21-13-18(15-27)24(17-29-21)37-19-4-11-36-12-5-19/h3,6,13-14,16-17,19H,4-5,7-12H2,1-2H3,(H,28,30,31,32). The van der Waals surface area contributed by atoms with Gasteiger partial charge in [-0.3, -0.25) is 4.98 Å². The minimum atomic E-state index is 0.0236. The third-order valence-electron chi connectivity index (χ3n) is 6.52. The number of ether oxygens (including phenoxy) is 3. The molecule has 11 nitrogen and oxygen atoms in total. The second kappa shape index (κ2) is 11.4. The van der Waals surface area contributed by atoms with Gasteiger partial charge in [0.25, 0.3) is 0 Å². The fraction of sp³-hybridized carbons (Fsp3) is 0.423. The van der Waals surface area contributed by atoms with Crippen molar-refractivity contribution in [3.63, 3.8) is 0 Å². The zero-order valence-corrected chi connectivity index (χ0v) is 21.1. The van der Waals surface area contributed by atoms with Crippen LogP contribution >= 0.6 is 0 Å². The molecule has 192 valence electrons. The van der Waals surface area contributed by atoms with Gasteiger partial charge in [-0.1, -0.05) is 0 Å². The molecule has 11 heteroatoms. The summed E-state index contributed by atoms with van der Waals surface area (Å²) >= 11 is 0. The number of nitrogens with one attached hydrogen (secondary N) is 1. The number of nitriles is 1. The average Bonchev–Trinajstić information content (AvgIpc) is 2.94. The molecule has 2 aliphatic heterocycles. The predicted molar refractivity (Wildman–Crippen MR) is 138 cm³/mol. The molecule has 0 aromatic carbocycles. The van der Waals surface area contributed by atoms with Crippen LogP contribution in [0.2, 0.25) is 0 Å². The van der Waals surface area contributed by atoms with Crippen LogP contribution in [-0.4, -0.2) is 84.5 Å². The van der Waals surface area contributed by atoms with Gasteiger partial charge >= 0.3 is 0 Å². The molecule has 2 saturated heterocycles. The van der Waals surface area contributed by atoms with Crippen molar-refractivity contribution in [3.8, 4) is 29.0 Å². The van der Waals surface area contributed by atoms with Gasteiger partial charge < -0.3 is 29.3 Å². The number of anilines is 3. The van der Waals surface area contributed by atoms with Crippen LogP contribution in [0, 0.1) is 11.3 Å². The minimum Gasteiger partial charge on any atom is -0.494 e. The molecule has 0 unspecified atom stereocenters. The number of likely N-dealkylation sites (N-methyl/N-ethyl adjacent to an activating group) is 1. The van der Waals surface area contributed by atoms with Gasteiger partial charge in [0.05, 0.1) is 55.4 Å². The van der Waals surface area contributed by atoms with Crippen LogP contribution < -0.4 is 19.7 Å². The maximum absolute atomic E-state index is 9.69. The van der Waals surface area contributed by atoms with Gasteiger partial charge in [-0.25, -0.2) is 15.0 Å². The molecule has 3 aromatic heterocycles. The maximum atomic E-state index is 9.69. The molecule has 0 atom stereocenters. The van der Waals surface area contributed by atoms with Crippen LogP contribution in [-0.2, 0) is 4.74 Å². The third kappa shape index (κ3) is 5.87. The molecular formula is C26H30N8O3. The summed E-state index contributed by atoms with van der Waals surface area (Å²) in [6, 6.07) is 7.49. The molecule has 5 rings (SSSR count). The minimum absolute atomic E-state index is 0.0236. The second-order valence-corrected chi connectivity index (χ2v) is 9.03. The summed E-state index contributed by atoms with van der Waals surface area (Å²) in [6.45, 7) is 5.15. The number of rotatable bonds is 7. The van der Waals surface area contributed by atoms with E-state index in [0.717, 1.165) is 50.5 Å². The van der Waals surface area contributed by atoms with Gasteiger partial charge in [-0.05, 0) is 19.2 Å². The fourth-order valence-corrected chi connectivity index (χ4v) is 4.36. The molecular weight excluding hydrogens is 472 g/mol. The van der Waals surface area contributed by atoms with E-state index in [2.05, 4.69) is 48.2 Å². The first kappa shape index (κ1) is 24.7. The zero-order valence-electron chi connectivity index (χ0n) is 21.1. The zero-order chi connectivity index (χ0) is 25.6. The van der Waals surface area contributed by atoms with E-state index in [0.29, 0.717) is 47.7 Å². The van der Waals surface area contributed by atoms with Crippen LogP contribution in [0.15, 0.2) is 36.8 Å². The Hall–Kier alpha value is -4.01. The first-order valence-electron chi connectivity index (χ1n) is 12.4. The highest BCUT2D eigenvalue weighted by Crippen LogP contribution is 2.31. The van der Waals surface area contributed by atoms with E-state index < -0.39 is 0 Å². The molecule has 0 saturated carbocycles. The van der Waals surface area contributed by atoms with Crippen molar-refractivity contribution in [3.05, 3.63) is 42.4 Å². The van der Waals surface area contributed by atoms with Crippen molar-refractivity contribution in [2.45, 2.75) is 18.9 Å². The quantitative estimate of drug-likeness (QED) is 0.513. The van der Waals surface area contributed by atoms with Gasteiger partial charge in [0.15, 0.2) is 5.75 Å². The Labute approximate surface area is 216 Å². The van der Waals surface area contributed by atoms with E-state index in [-0.39, 0.29) is 6.10 Å². The molecule has 0 aliphatic carbocycles. The number of nitrogens with zero attached hydrogens (tertiary/aromatic N) is 7. The Balaban J connectivity index is 1.32. The van der Waals surface area contributed by atoms with Crippen molar-refractivity contribution in [2.24, 2.45) is 0 Å². The number of hydrogen-bond donors (Lipinski definition) is 1. The lowest BCUT2D eigenvalue weighted by molar-refractivity contribution is 0.0253. The molecule has 0 amide bonds. The van der Waals surface area contributed by atoms with E-state index in [4.69, 9.17) is 14.2 Å². The summed E-state index contributed by atoms with van der Waals surface area (Å²) < 4.78 is 17.0. The smallest absolute Gasteiger partial charge is 0.228 e. The normalized spacial score (nSPS) is 16.7. The molecule has 0 radical (unpaired) electrons. The molecule has 1 N–H and O–H groups in total. The molecule has 0 spiro atoms. The molecule has 3 aromatic rings. The third-order valence-corrected chi connectivity index (χ3v) is 6.52. The van der Waals surface area contributed by atoms with E-state index >= 15 is 0 Å². The summed E-state index contributed by atoms with van der Waals surface area (Å²) in [5, 5.41) is 12.8. The number of aromatic nitrogens is 4. The maximum Gasteiger partial charge on any atom is 0.228 e.